The minimum absolute atomic E-state index is 0.496. The average molecular weight is 374 g/mol. The Hall–Kier alpha value is -0.780. The first kappa shape index (κ1) is 15.1. The van der Waals surface area contributed by atoms with Crippen LogP contribution >= 0.6 is 58.1 Å². The van der Waals surface area contributed by atoms with Crippen LogP contribution in [0.25, 0.3) is 11.3 Å². The molecule has 0 bridgehead atoms. The largest absolute Gasteiger partial charge is 0.137 e. The van der Waals surface area contributed by atoms with Crippen LogP contribution in [0.15, 0.2) is 51.6 Å². The van der Waals surface area contributed by atoms with Gasteiger partial charge in [0, 0.05) is 10.5 Å². The van der Waals surface area contributed by atoms with E-state index in [2.05, 4.69) is 9.59 Å². The lowest BCUT2D eigenvalue weighted by atomic mass is 10.2. The van der Waals surface area contributed by atoms with Crippen molar-refractivity contribution in [1.29, 1.82) is 0 Å². The minimum atomic E-state index is 0.496. The summed E-state index contributed by atoms with van der Waals surface area (Å²) < 4.78 is 4.99. The normalized spacial score (nSPS) is 10.8. The molecule has 3 rings (SSSR count). The van der Waals surface area contributed by atoms with Crippen molar-refractivity contribution in [2.24, 2.45) is 0 Å². The molecular formula is C14H7Cl3N2S2. The second kappa shape index (κ2) is 6.55. The Morgan fingerprint density at radius 1 is 0.905 bits per heavy atom. The van der Waals surface area contributed by atoms with Crippen molar-refractivity contribution in [3.63, 3.8) is 0 Å². The number of aromatic nitrogens is 2. The van der Waals surface area contributed by atoms with E-state index in [1.165, 1.54) is 23.3 Å². The Balaban J connectivity index is 1.97. The highest BCUT2D eigenvalue weighted by atomic mass is 35.5. The summed E-state index contributed by atoms with van der Waals surface area (Å²) in [5.41, 5.74) is 1.66. The van der Waals surface area contributed by atoms with E-state index in [0.29, 0.717) is 15.1 Å². The van der Waals surface area contributed by atoms with Crippen molar-refractivity contribution >= 4 is 58.1 Å². The van der Waals surface area contributed by atoms with Crippen molar-refractivity contribution in [3.05, 3.63) is 57.5 Å². The molecule has 0 aliphatic rings. The molecule has 1 heterocycles. The van der Waals surface area contributed by atoms with Crippen LogP contribution in [-0.4, -0.2) is 9.59 Å². The van der Waals surface area contributed by atoms with Gasteiger partial charge in [-0.2, -0.15) is 0 Å². The number of hydrogen-bond donors (Lipinski definition) is 0. The zero-order valence-corrected chi connectivity index (χ0v) is 14.3. The van der Waals surface area contributed by atoms with Gasteiger partial charge in [-0.15, -0.1) is 5.10 Å². The highest BCUT2D eigenvalue weighted by Crippen LogP contribution is 2.40. The monoisotopic (exact) mass is 372 g/mol. The fourth-order valence-corrected chi connectivity index (χ4v) is 3.97. The van der Waals surface area contributed by atoms with E-state index in [1.807, 2.05) is 30.3 Å². The van der Waals surface area contributed by atoms with Gasteiger partial charge in [-0.05, 0) is 35.8 Å². The highest BCUT2D eigenvalue weighted by molar-refractivity contribution is 8.01. The van der Waals surface area contributed by atoms with Crippen LogP contribution < -0.4 is 0 Å². The molecule has 0 amide bonds. The first-order valence-electron chi connectivity index (χ1n) is 5.85. The van der Waals surface area contributed by atoms with E-state index in [0.717, 1.165) is 20.4 Å². The van der Waals surface area contributed by atoms with Crippen LogP contribution in [0.4, 0.5) is 0 Å². The Morgan fingerprint density at radius 3 is 2.48 bits per heavy atom. The fraction of sp³-hybridized carbons (Fsp3) is 0. The maximum absolute atomic E-state index is 6.19. The maximum Gasteiger partial charge on any atom is 0.120 e. The molecule has 3 aromatic rings. The van der Waals surface area contributed by atoms with Gasteiger partial charge in [0.2, 0.25) is 0 Å². The van der Waals surface area contributed by atoms with Crippen molar-refractivity contribution in [1.82, 2.24) is 9.59 Å². The van der Waals surface area contributed by atoms with E-state index in [-0.39, 0.29) is 0 Å². The molecule has 0 saturated heterocycles. The third-order valence-corrected chi connectivity index (χ3v) is 5.82. The molecule has 106 valence electrons. The first-order chi connectivity index (χ1) is 10.1. The SMILES string of the molecule is Clc1ccc(-c2nnsc2Sc2ccccc2Cl)cc1Cl. The second-order valence-electron chi connectivity index (χ2n) is 4.07. The molecule has 0 atom stereocenters. The Morgan fingerprint density at radius 2 is 1.71 bits per heavy atom. The van der Waals surface area contributed by atoms with Crippen LogP contribution in [0.1, 0.15) is 0 Å². The van der Waals surface area contributed by atoms with Gasteiger partial charge >= 0.3 is 0 Å². The molecule has 0 saturated carbocycles. The van der Waals surface area contributed by atoms with E-state index in [9.17, 15) is 0 Å². The molecule has 0 N–H and O–H groups in total. The number of nitrogens with zero attached hydrogens (tertiary/aromatic N) is 2. The number of halogens is 3. The third-order valence-electron chi connectivity index (χ3n) is 2.69. The number of benzene rings is 2. The molecule has 7 heteroatoms. The van der Waals surface area contributed by atoms with Crippen LogP contribution in [-0.2, 0) is 0 Å². The van der Waals surface area contributed by atoms with Crippen molar-refractivity contribution < 1.29 is 0 Å². The van der Waals surface area contributed by atoms with Gasteiger partial charge in [0.25, 0.3) is 0 Å². The zero-order chi connectivity index (χ0) is 14.8. The number of hydrogen-bond acceptors (Lipinski definition) is 4. The summed E-state index contributed by atoms with van der Waals surface area (Å²) in [5.74, 6) is 0. The van der Waals surface area contributed by atoms with Gasteiger partial charge in [-0.1, -0.05) is 69.3 Å². The summed E-state index contributed by atoms with van der Waals surface area (Å²) in [4.78, 5) is 0.964. The first-order valence-corrected chi connectivity index (χ1v) is 8.57. The van der Waals surface area contributed by atoms with Crippen molar-refractivity contribution in [3.8, 4) is 11.3 Å². The predicted molar refractivity (Wildman–Crippen MR) is 90.9 cm³/mol. The zero-order valence-electron chi connectivity index (χ0n) is 10.4. The van der Waals surface area contributed by atoms with Gasteiger partial charge in [0.1, 0.15) is 9.90 Å². The fourth-order valence-electron chi connectivity index (χ4n) is 1.70. The molecular weight excluding hydrogens is 367 g/mol. The molecule has 0 radical (unpaired) electrons. The molecule has 0 unspecified atom stereocenters. The van der Waals surface area contributed by atoms with Crippen LogP contribution in [0.5, 0.6) is 0 Å². The average Bonchev–Trinajstić information content (AvgIpc) is 2.93. The quantitative estimate of drug-likeness (QED) is 0.537. The van der Waals surface area contributed by atoms with E-state index in [4.69, 9.17) is 34.8 Å². The maximum atomic E-state index is 6.19. The summed E-state index contributed by atoms with van der Waals surface area (Å²) >= 11 is 21.1. The van der Waals surface area contributed by atoms with Gasteiger partial charge in [0.15, 0.2) is 0 Å². The smallest absolute Gasteiger partial charge is 0.120 e. The van der Waals surface area contributed by atoms with Gasteiger partial charge in [0.05, 0.1) is 15.1 Å². The molecule has 0 aliphatic carbocycles. The Kier molecular flexibility index (Phi) is 4.72. The minimum Gasteiger partial charge on any atom is -0.137 e. The van der Waals surface area contributed by atoms with Gasteiger partial charge in [-0.25, -0.2) is 0 Å². The number of rotatable bonds is 3. The van der Waals surface area contributed by atoms with Gasteiger partial charge < -0.3 is 0 Å². The Labute approximate surface area is 145 Å². The molecule has 0 aliphatic heterocycles. The highest BCUT2D eigenvalue weighted by Gasteiger charge is 2.14. The van der Waals surface area contributed by atoms with Crippen LogP contribution in [0, 0.1) is 0 Å². The summed E-state index contributed by atoms with van der Waals surface area (Å²) in [6, 6.07) is 13.1. The summed E-state index contributed by atoms with van der Waals surface area (Å²) in [5, 5.41) is 5.90. The molecule has 21 heavy (non-hydrogen) atoms. The van der Waals surface area contributed by atoms with Crippen molar-refractivity contribution in [2.45, 2.75) is 9.10 Å². The summed E-state index contributed by atoms with van der Waals surface area (Å²) in [6.45, 7) is 0. The molecule has 0 spiro atoms. The van der Waals surface area contributed by atoms with Gasteiger partial charge in [-0.3, -0.25) is 0 Å². The molecule has 2 aromatic carbocycles. The second-order valence-corrected chi connectivity index (χ2v) is 7.36. The molecule has 1 aromatic heterocycles. The third kappa shape index (κ3) is 3.35. The summed E-state index contributed by atoms with van der Waals surface area (Å²) in [6.07, 6.45) is 0. The Bertz CT molecular complexity index is 789. The lowest BCUT2D eigenvalue weighted by Crippen LogP contribution is -1.82. The van der Waals surface area contributed by atoms with E-state index >= 15 is 0 Å². The van der Waals surface area contributed by atoms with E-state index in [1.54, 1.807) is 12.1 Å². The lowest BCUT2D eigenvalue weighted by molar-refractivity contribution is 1.15. The summed E-state index contributed by atoms with van der Waals surface area (Å²) in [7, 11) is 0. The predicted octanol–water partition coefficient (Wildman–Crippen LogP) is 6.32. The topological polar surface area (TPSA) is 25.8 Å². The van der Waals surface area contributed by atoms with Crippen LogP contribution in [0.2, 0.25) is 15.1 Å². The van der Waals surface area contributed by atoms with Crippen LogP contribution in [0.3, 0.4) is 0 Å². The standard InChI is InChI=1S/C14H7Cl3N2S2/c15-9-6-5-8(7-11(9)17)13-14(21-19-18-13)20-12-4-2-1-3-10(12)16/h1-7H. The lowest BCUT2D eigenvalue weighted by Gasteiger charge is -2.04. The molecule has 2 nitrogen and oxygen atoms in total. The molecule has 0 fully saturated rings. The van der Waals surface area contributed by atoms with Crippen molar-refractivity contribution in [2.75, 3.05) is 0 Å². The van der Waals surface area contributed by atoms with E-state index < -0.39 is 0 Å².